The summed E-state index contributed by atoms with van der Waals surface area (Å²) in [5.41, 5.74) is 0.272. The number of non-ortho nitro benzene ring substituents is 1. The standard InChI is InChI=1S/C14H15FN2O2/c15-12-5-13(7-14(6-12)17(18)19)16-8-11-4-9-1-2-10(11)3-9/h1-2,5-7,9-11,16H,3-4,8H2. The number of benzene rings is 1. The highest BCUT2D eigenvalue weighted by Crippen LogP contribution is 2.43. The van der Waals surface area contributed by atoms with Crippen molar-refractivity contribution in [2.75, 3.05) is 11.9 Å². The molecule has 3 unspecified atom stereocenters. The highest BCUT2D eigenvalue weighted by molar-refractivity contribution is 5.51. The van der Waals surface area contributed by atoms with Crippen molar-refractivity contribution in [2.45, 2.75) is 12.8 Å². The van der Waals surface area contributed by atoms with E-state index in [0.717, 1.165) is 19.0 Å². The van der Waals surface area contributed by atoms with Crippen LogP contribution < -0.4 is 5.32 Å². The van der Waals surface area contributed by atoms with E-state index in [2.05, 4.69) is 17.5 Å². The van der Waals surface area contributed by atoms with Gasteiger partial charge in [0, 0.05) is 18.3 Å². The lowest BCUT2D eigenvalue weighted by Gasteiger charge is -2.19. The molecule has 0 radical (unpaired) electrons. The van der Waals surface area contributed by atoms with Gasteiger partial charge in [0.25, 0.3) is 5.69 Å². The van der Waals surface area contributed by atoms with Crippen molar-refractivity contribution < 1.29 is 9.31 Å². The molecule has 1 saturated carbocycles. The lowest BCUT2D eigenvalue weighted by molar-refractivity contribution is -0.385. The maximum Gasteiger partial charge on any atom is 0.274 e. The first-order chi connectivity index (χ1) is 9.11. The number of nitrogens with one attached hydrogen (secondary N) is 1. The van der Waals surface area contributed by atoms with E-state index in [1.54, 1.807) is 0 Å². The molecule has 2 bridgehead atoms. The molecule has 1 aromatic rings. The van der Waals surface area contributed by atoms with Crippen LogP contribution in [-0.4, -0.2) is 11.5 Å². The highest BCUT2D eigenvalue weighted by Gasteiger charge is 2.35. The van der Waals surface area contributed by atoms with Crippen molar-refractivity contribution in [1.82, 2.24) is 0 Å². The number of nitro benzene ring substituents is 1. The lowest BCUT2D eigenvalue weighted by Crippen LogP contribution is -2.18. The van der Waals surface area contributed by atoms with Gasteiger partial charge in [-0.1, -0.05) is 12.2 Å². The summed E-state index contributed by atoms with van der Waals surface area (Å²) in [6.45, 7) is 0.742. The van der Waals surface area contributed by atoms with Gasteiger partial charge in [0.2, 0.25) is 0 Å². The predicted molar refractivity (Wildman–Crippen MR) is 70.4 cm³/mol. The minimum atomic E-state index is -0.579. The molecule has 0 aromatic heterocycles. The molecule has 1 fully saturated rings. The largest absolute Gasteiger partial charge is 0.384 e. The van der Waals surface area contributed by atoms with Crippen molar-refractivity contribution in [3.05, 3.63) is 46.3 Å². The summed E-state index contributed by atoms with van der Waals surface area (Å²) < 4.78 is 13.3. The zero-order valence-electron chi connectivity index (χ0n) is 10.4. The normalized spacial score (nSPS) is 27.7. The molecule has 0 saturated heterocycles. The van der Waals surface area contributed by atoms with Crippen molar-refractivity contribution >= 4 is 11.4 Å². The number of halogens is 1. The highest BCUT2D eigenvalue weighted by atomic mass is 19.1. The van der Waals surface area contributed by atoms with Crippen LogP contribution in [-0.2, 0) is 0 Å². The topological polar surface area (TPSA) is 55.2 Å². The van der Waals surface area contributed by atoms with Crippen LogP contribution in [0.1, 0.15) is 12.8 Å². The van der Waals surface area contributed by atoms with Gasteiger partial charge >= 0.3 is 0 Å². The van der Waals surface area contributed by atoms with Gasteiger partial charge < -0.3 is 5.32 Å². The Labute approximate surface area is 110 Å². The second-order valence-electron chi connectivity index (χ2n) is 5.38. The molecule has 3 atom stereocenters. The van der Waals surface area contributed by atoms with Crippen LogP contribution in [0.2, 0.25) is 0 Å². The molecule has 2 aliphatic carbocycles. The Balaban J connectivity index is 1.67. The minimum Gasteiger partial charge on any atom is -0.384 e. The summed E-state index contributed by atoms with van der Waals surface area (Å²) in [6.07, 6.45) is 6.91. The van der Waals surface area contributed by atoms with E-state index < -0.39 is 10.7 Å². The second-order valence-corrected chi connectivity index (χ2v) is 5.38. The fourth-order valence-corrected chi connectivity index (χ4v) is 3.16. The van der Waals surface area contributed by atoms with E-state index in [9.17, 15) is 14.5 Å². The summed E-state index contributed by atoms with van der Waals surface area (Å²) in [4.78, 5) is 10.1. The van der Waals surface area contributed by atoms with Crippen LogP contribution in [0.25, 0.3) is 0 Å². The smallest absolute Gasteiger partial charge is 0.274 e. The van der Waals surface area contributed by atoms with Gasteiger partial charge in [-0.15, -0.1) is 0 Å². The third-order valence-corrected chi connectivity index (χ3v) is 4.08. The Kier molecular flexibility index (Phi) is 2.97. The van der Waals surface area contributed by atoms with E-state index in [4.69, 9.17) is 0 Å². The molecule has 100 valence electrons. The van der Waals surface area contributed by atoms with Gasteiger partial charge in [0.15, 0.2) is 0 Å². The maximum absolute atomic E-state index is 13.3. The third-order valence-electron chi connectivity index (χ3n) is 4.08. The average molecular weight is 262 g/mol. The van der Waals surface area contributed by atoms with Gasteiger partial charge in [-0.2, -0.15) is 0 Å². The molecular formula is C14H15FN2O2. The number of rotatable bonds is 4. The quantitative estimate of drug-likeness (QED) is 0.514. The van der Waals surface area contributed by atoms with E-state index in [1.165, 1.54) is 18.6 Å². The van der Waals surface area contributed by atoms with Gasteiger partial charge in [-0.25, -0.2) is 4.39 Å². The molecule has 1 N–H and O–H groups in total. The molecule has 0 aliphatic heterocycles. The predicted octanol–water partition coefficient (Wildman–Crippen LogP) is 3.36. The molecule has 0 amide bonds. The Hall–Kier alpha value is -1.91. The Morgan fingerprint density at radius 1 is 1.32 bits per heavy atom. The van der Waals surface area contributed by atoms with E-state index >= 15 is 0 Å². The molecule has 3 rings (SSSR count). The van der Waals surface area contributed by atoms with Crippen LogP contribution in [0.4, 0.5) is 15.8 Å². The van der Waals surface area contributed by atoms with Crippen LogP contribution in [0.15, 0.2) is 30.4 Å². The zero-order valence-corrected chi connectivity index (χ0v) is 10.4. The van der Waals surface area contributed by atoms with E-state index in [1.807, 2.05) is 0 Å². The van der Waals surface area contributed by atoms with Crippen molar-refractivity contribution in [3.8, 4) is 0 Å². The summed E-state index contributed by atoms with van der Waals surface area (Å²) >= 11 is 0. The summed E-state index contributed by atoms with van der Waals surface area (Å²) in [5, 5.41) is 13.8. The number of fused-ring (bicyclic) bond motifs is 2. The molecule has 19 heavy (non-hydrogen) atoms. The van der Waals surface area contributed by atoms with Crippen molar-refractivity contribution in [1.29, 1.82) is 0 Å². The Morgan fingerprint density at radius 2 is 2.16 bits per heavy atom. The van der Waals surface area contributed by atoms with Crippen LogP contribution >= 0.6 is 0 Å². The lowest BCUT2D eigenvalue weighted by atomic mass is 9.93. The molecule has 2 aliphatic rings. The first-order valence-electron chi connectivity index (χ1n) is 6.49. The van der Waals surface area contributed by atoms with Crippen molar-refractivity contribution in [3.63, 3.8) is 0 Å². The molecular weight excluding hydrogens is 247 g/mol. The fourth-order valence-electron chi connectivity index (χ4n) is 3.16. The fraction of sp³-hybridized carbons (Fsp3) is 0.429. The number of nitro groups is 1. The number of hydrogen-bond acceptors (Lipinski definition) is 3. The maximum atomic E-state index is 13.3. The summed E-state index contributed by atoms with van der Waals surface area (Å²) in [7, 11) is 0. The molecule has 5 heteroatoms. The van der Waals surface area contributed by atoms with Crippen LogP contribution in [0, 0.1) is 33.7 Å². The minimum absolute atomic E-state index is 0.213. The van der Waals surface area contributed by atoms with Crippen LogP contribution in [0.5, 0.6) is 0 Å². The zero-order chi connectivity index (χ0) is 13.4. The summed E-state index contributed by atoms with van der Waals surface area (Å²) in [5.74, 6) is 1.28. The number of hydrogen-bond donors (Lipinski definition) is 1. The van der Waals surface area contributed by atoms with Crippen molar-refractivity contribution in [2.24, 2.45) is 17.8 Å². The van der Waals surface area contributed by atoms with Gasteiger partial charge in [0.05, 0.1) is 11.0 Å². The Bertz CT molecular complexity index is 544. The van der Waals surface area contributed by atoms with Gasteiger partial charge in [0.1, 0.15) is 5.82 Å². The first kappa shape index (κ1) is 12.1. The Morgan fingerprint density at radius 3 is 2.79 bits per heavy atom. The van der Waals surface area contributed by atoms with Gasteiger partial charge in [-0.05, 0) is 36.7 Å². The number of nitrogens with zero attached hydrogens (tertiary/aromatic N) is 1. The second kappa shape index (κ2) is 4.64. The first-order valence-corrected chi connectivity index (χ1v) is 6.49. The average Bonchev–Trinajstić information content (AvgIpc) is 2.97. The molecule has 1 aromatic carbocycles. The number of anilines is 1. The van der Waals surface area contributed by atoms with E-state index in [-0.39, 0.29) is 5.69 Å². The monoisotopic (exact) mass is 262 g/mol. The molecule has 0 spiro atoms. The molecule has 4 nitrogen and oxygen atoms in total. The SMILES string of the molecule is O=[N+]([O-])c1cc(F)cc(NCC2CC3C=CC2C3)c1. The van der Waals surface area contributed by atoms with E-state index in [0.29, 0.717) is 23.4 Å². The molecule has 0 heterocycles. The van der Waals surface area contributed by atoms with Crippen LogP contribution in [0.3, 0.4) is 0 Å². The number of allylic oxidation sites excluding steroid dienone is 2. The summed E-state index contributed by atoms with van der Waals surface area (Å²) in [6, 6.07) is 3.62. The van der Waals surface area contributed by atoms with Gasteiger partial charge in [-0.3, -0.25) is 10.1 Å². The third kappa shape index (κ3) is 2.45.